The van der Waals surface area contributed by atoms with Gasteiger partial charge in [-0.1, -0.05) is 70.4 Å². The third-order valence-electron chi connectivity index (χ3n) is 5.40. The number of halogens is 1. The number of nitrogens with zero attached hydrogens (tertiary/aromatic N) is 1. The van der Waals surface area contributed by atoms with Gasteiger partial charge >= 0.3 is 6.09 Å². The van der Waals surface area contributed by atoms with Crippen molar-refractivity contribution in [3.8, 4) is 23.0 Å². The van der Waals surface area contributed by atoms with Crippen molar-refractivity contribution < 1.29 is 9.53 Å². The molecule has 152 valence electrons. The van der Waals surface area contributed by atoms with Crippen molar-refractivity contribution in [2.24, 2.45) is 0 Å². The van der Waals surface area contributed by atoms with Gasteiger partial charge in [-0.3, -0.25) is 5.10 Å². The average molecular weight is 472 g/mol. The Hall–Kier alpha value is -3.56. The maximum absolute atomic E-state index is 12.2. The van der Waals surface area contributed by atoms with Crippen molar-refractivity contribution in [3.63, 3.8) is 0 Å². The van der Waals surface area contributed by atoms with Crippen LogP contribution in [0.25, 0.3) is 22.0 Å². The molecule has 0 unspecified atom stereocenters. The third-order valence-corrected chi connectivity index (χ3v) is 5.89. The molecule has 0 bridgehead atoms. The molecule has 31 heavy (non-hydrogen) atoms. The highest BCUT2D eigenvalue weighted by atomic mass is 79.9. The van der Waals surface area contributed by atoms with Crippen molar-refractivity contribution in [1.82, 2.24) is 15.5 Å². The fourth-order valence-electron chi connectivity index (χ4n) is 3.98. The molecule has 3 aromatic carbocycles. The Morgan fingerprint density at radius 1 is 1.06 bits per heavy atom. The van der Waals surface area contributed by atoms with Gasteiger partial charge in [0.2, 0.25) is 0 Å². The van der Waals surface area contributed by atoms with E-state index in [1.807, 2.05) is 42.5 Å². The van der Waals surface area contributed by atoms with E-state index in [9.17, 15) is 4.79 Å². The van der Waals surface area contributed by atoms with Crippen LogP contribution in [0.4, 0.5) is 4.79 Å². The fourth-order valence-corrected chi connectivity index (χ4v) is 4.33. The minimum Gasteiger partial charge on any atom is -0.449 e. The number of ether oxygens (including phenoxy) is 1. The molecule has 5 rings (SSSR count). The Morgan fingerprint density at radius 2 is 1.77 bits per heavy atom. The lowest BCUT2D eigenvalue weighted by molar-refractivity contribution is 0.144. The summed E-state index contributed by atoms with van der Waals surface area (Å²) in [6, 6.07) is 22.3. The molecular weight excluding hydrogens is 454 g/mol. The van der Waals surface area contributed by atoms with Crippen LogP contribution in [0, 0.1) is 11.8 Å². The molecule has 0 fully saturated rings. The van der Waals surface area contributed by atoms with Crippen LogP contribution in [-0.4, -0.2) is 29.4 Å². The maximum atomic E-state index is 12.2. The molecule has 0 saturated carbocycles. The highest BCUT2D eigenvalue weighted by Gasteiger charge is 2.28. The van der Waals surface area contributed by atoms with Crippen molar-refractivity contribution >= 4 is 32.9 Å². The number of carbonyl (C=O) groups excluding carboxylic acids is 1. The summed E-state index contributed by atoms with van der Waals surface area (Å²) in [5.41, 5.74) is 6.34. The van der Waals surface area contributed by atoms with Gasteiger partial charge in [0.15, 0.2) is 0 Å². The number of fused-ring (bicyclic) bond motifs is 4. The fraction of sp³-hybridized carbons (Fsp3) is 0.120. The van der Waals surface area contributed by atoms with Crippen LogP contribution in [0.3, 0.4) is 0 Å². The van der Waals surface area contributed by atoms with Crippen LogP contribution in [0.5, 0.6) is 0 Å². The molecule has 0 radical (unpaired) electrons. The van der Waals surface area contributed by atoms with Crippen LogP contribution < -0.4 is 5.32 Å². The quantitative estimate of drug-likeness (QED) is 0.402. The Morgan fingerprint density at radius 3 is 2.52 bits per heavy atom. The molecule has 2 N–H and O–H groups in total. The topological polar surface area (TPSA) is 67.0 Å². The van der Waals surface area contributed by atoms with E-state index in [4.69, 9.17) is 4.74 Å². The Labute approximate surface area is 188 Å². The normalized spacial score (nSPS) is 12.0. The highest BCUT2D eigenvalue weighted by Crippen LogP contribution is 2.44. The predicted octanol–water partition coefficient (Wildman–Crippen LogP) is 5.22. The molecule has 1 heterocycles. The summed E-state index contributed by atoms with van der Waals surface area (Å²) in [5.74, 6) is 5.99. The second-order valence-corrected chi connectivity index (χ2v) is 8.16. The summed E-state index contributed by atoms with van der Waals surface area (Å²) in [6.45, 7) is 0.473. The molecule has 1 aliphatic rings. The van der Waals surface area contributed by atoms with E-state index in [-0.39, 0.29) is 19.1 Å². The third kappa shape index (κ3) is 3.80. The Bertz CT molecular complexity index is 1300. The predicted molar refractivity (Wildman–Crippen MR) is 124 cm³/mol. The SMILES string of the molecule is O=C(NCC#Cc1[nH]nc2cc(Br)ccc12)OCC1c2ccccc2-c2ccccc21. The van der Waals surface area contributed by atoms with Crippen molar-refractivity contribution in [3.05, 3.63) is 88.0 Å². The lowest BCUT2D eigenvalue weighted by Gasteiger charge is -2.14. The van der Waals surface area contributed by atoms with Gasteiger partial charge in [0.05, 0.1) is 12.1 Å². The number of aromatic amines is 1. The van der Waals surface area contributed by atoms with E-state index in [1.165, 1.54) is 22.3 Å². The summed E-state index contributed by atoms with van der Waals surface area (Å²) in [4.78, 5) is 12.2. The van der Waals surface area contributed by atoms with Gasteiger partial charge in [0.1, 0.15) is 12.3 Å². The minimum atomic E-state index is -0.477. The van der Waals surface area contributed by atoms with E-state index < -0.39 is 6.09 Å². The number of hydrogen-bond donors (Lipinski definition) is 2. The van der Waals surface area contributed by atoms with E-state index in [0.29, 0.717) is 0 Å². The lowest BCUT2D eigenvalue weighted by atomic mass is 9.98. The molecule has 0 saturated heterocycles. The molecular formula is C25H18BrN3O2. The van der Waals surface area contributed by atoms with Gasteiger partial charge in [-0.2, -0.15) is 5.10 Å². The highest BCUT2D eigenvalue weighted by molar-refractivity contribution is 9.10. The number of benzene rings is 3. The summed E-state index contributed by atoms with van der Waals surface area (Å²) in [5, 5.41) is 10.8. The van der Waals surface area contributed by atoms with Crippen molar-refractivity contribution in [2.45, 2.75) is 5.92 Å². The zero-order valence-electron chi connectivity index (χ0n) is 16.5. The van der Waals surface area contributed by atoms with Gasteiger partial charge in [0, 0.05) is 15.8 Å². The zero-order chi connectivity index (χ0) is 21.2. The number of aromatic nitrogens is 2. The molecule has 1 aromatic heterocycles. The number of rotatable bonds is 3. The summed E-state index contributed by atoms with van der Waals surface area (Å²) in [6.07, 6.45) is -0.477. The molecule has 1 amide bonds. The van der Waals surface area contributed by atoms with Crippen LogP contribution in [-0.2, 0) is 4.74 Å². The Balaban J connectivity index is 1.20. The second-order valence-electron chi connectivity index (χ2n) is 7.24. The first-order chi connectivity index (χ1) is 15.2. The molecule has 0 atom stereocenters. The smallest absolute Gasteiger partial charge is 0.407 e. The largest absolute Gasteiger partial charge is 0.449 e. The summed E-state index contributed by atoms with van der Waals surface area (Å²) >= 11 is 3.43. The number of carbonyl (C=O) groups is 1. The lowest BCUT2D eigenvalue weighted by Crippen LogP contribution is -2.26. The Kier molecular flexibility index (Phi) is 5.19. The number of amides is 1. The molecule has 6 heteroatoms. The zero-order valence-corrected chi connectivity index (χ0v) is 18.1. The van der Waals surface area contributed by atoms with E-state index in [0.717, 1.165) is 21.1 Å². The summed E-state index contributed by atoms with van der Waals surface area (Å²) in [7, 11) is 0. The number of H-pyrrole nitrogens is 1. The van der Waals surface area contributed by atoms with Crippen LogP contribution >= 0.6 is 15.9 Å². The molecule has 1 aliphatic carbocycles. The average Bonchev–Trinajstić information content (AvgIpc) is 3.34. The minimum absolute atomic E-state index is 0.0416. The van der Waals surface area contributed by atoms with E-state index in [2.05, 4.69) is 67.6 Å². The van der Waals surface area contributed by atoms with Gasteiger partial charge in [-0.05, 0) is 46.4 Å². The number of alkyl carbamates (subject to hydrolysis) is 1. The monoisotopic (exact) mass is 471 g/mol. The second kappa shape index (κ2) is 8.29. The molecule has 5 nitrogen and oxygen atoms in total. The first-order valence-corrected chi connectivity index (χ1v) is 10.7. The van der Waals surface area contributed by atoms with Crippen LogP contribution in [0.1, 0.15) is 22.7 Å². The van der Waals surface area contributed by atoms with E-state index >= 15 is 0 Å². The molecule has 0 spiro atoms. The number of nitrogens with one attached hydrogen (secondary N) is 2. The van der Waals surface area contributed by atoms with Gasteiger partial charge in [-0.15, -0.1) is 0 Å². The number of hydrogen-bond acceptors (Lipinski definition) is 3. The standard InChI is InChI=1S/C25H18BrN3O2/c26-16-11-12-21-23(28-29-24(21)14-16)10-5-13-27-25(30)31-15-22-19-8-3-1-6-17(19)18-7-2-4-9-20(18)22/h1-4,6-9,11-12,14,22H,13,15H2,(H,27,30)(H,28,29). The van der Waals surface area contributed by atoms with Crippen LogP contribution in [0.2, 0.25) is 0 Å². The van der Waals surface area contributed by atoms with Gasteiger partial charge in [0.25, 0.3) is 0 Å². The van der Waals surface area contributed by atoms with Crippen molar-refractivity contribution in [1.29, 1.82) is 0 Å². The molecule has 4 aromatic rings. The first kappa shape index (κ1) is 19.4. The van der Waals surface area contributed by atoms with Gasteiger partial charge in [-0.25, -0.2) is 4.79 Å². The molecule has 0 aliphatic heterocycles. The maximum Gasteiger partial charge on any atom is 0.407 e. The summed E-state index contributed by atoms with van der Waals surface area (Å²) < 4.78 is 6.48. The van der Waals surface area contributed by atoms with E-state index in [1.54, 1.807) is 0 Å². The first-order valence-electron chi connectivity index (χ1n) is 9.92. The van der Waals surface area contributed by atoms with Crippen molar-refractivity contribution in [2.75, 3.05) is 13.2 Å². The van der Waals surface area contributed by atoms with Gasteiger partial charge < -0.3 is 10.1 Å². The van der Waals surface area contributed by atoms with Crippen LogP contribution in [0.15, 0.2) is 71.2 Å².